The van der Waals surface area contributed by atoms with Crippen LogP contribution in [-0.4, -0.2) is 67.8 Å². The topological polar surface area (TPSA) is 54.0 Å². The van der Waals surface area contributed by atoms with Gasteiger partial charge in [-0.3, -0.25) is 0 Å². The number of unbranched alkanes of at least 4 members (excludes halogenated alkanes) is 1. The van der Waals surface area contributed by atoms with Crippen molar-refractivity contribution in [2.24, 2.45) is 11.8 Å². The van der Waals surface area contributed by atoms with Crippen LogP contribution in [0, 0.1) is 11.8 Å². The first-order valence-corrected chi connectivity index (χ1v) is 11.2. The van der Waals surface area contributed by atoms with Gasteiger partial charge in [-0.05, 0) is 56.7 Å². The van der Waals surface area contributed by atoms with Crippen LogP contribution in [0.25, 0.3) is 0 Å². The lowest BCUT2D eigenvalue weighted by Crippen LogP contribution is -2.47. The molecular weight excluding hydrogens is 366 g/mol. The Labute approximate surface area is 175 Å². The first-order chi connectivity index (χ1) is 14.0. The predicted molar refractivity (Wildman–Crippen MR) is 116 cm³/mol. The number of likely N-dealkylation sites (tertiary alicyclic amines) is 1. The largest absolute Gasteiger partial charge is 0.486 e. The fourth-order valence-corrected chi connectivity index (χ4v) is 4.50. The number of hydrogen-bond donors (Lipinski definition) is 1. The van der Waals surface area contributed by atoms with Gasteiger partial charge in [-0.25, -0.2) is 4.79 Å². The normalized spacial score (nSPS) is 24.2. The first-order valence-electron chi connectivity index (χ1n) is 11.2. The number of para-hydroxylation sites is 2. The number of rotatable bonds is 8. The fourth-order valence-electron chi connectivity index (χ4n) is 4.50. The maximum absolute atomic E-state index is 12.6. The molecule has 3 unspecified atom stereocenters. The maximum atomic E-state index is 12.6. The summed E-state index contributed by atoms with van der Waals surface area (Å²) in [6.07, 6.45) is 3.35. The summed E-state index contributed by atoms with van der Waals surface area (Å²) in [5.41, 5.74) is 0. The molecule has 1 aromatic carbocycles. The summed E-state index contributed by atoms with van der Waals surface area (Å²) < 4.78 is 11.7. The zero-order chi connectivity index (χ0) is 20.6. The molecule has 0 aliphatic carbocycles. The summed E-state index contributed by atoms with van der Waals surface area (Å²) in [4.78, 5) is 16.9. The van der Waals surface area contributed by atoms with Gasteiger partial charge >= 0.3 is 6.03 Å². The van der Waals surface area contributed by atoms with E-state index in [1.807, 2.05) is 31.2 Å². The fraction of sp³-hybridized carbons (Fsp3) is 0.696. The van der Waals surface area contributed by atoms with Gasteiger partial charge in [0.2, 0.25) is 0 Å². The van der Waals surface area contributed by atoms with E-state index in [1.54, 1.807) is 4.90 Å². The highest BCUT2D eigenvalue weighted by atomic mass is 16.6. The van der Waals surface area contributed by atoms with Crippen molar-refractivity contribution in [2.45, 2.75) is 46.1 Å². The van der Waals surface area contributed by atoms with Gasteiger partial charge in [0.05, 0.1) is 6.54 Å². The molecule has 1 N–H and O–H groups in total. The molecule has 0 saturated carbocycles. The Balaban J connectivity index is 1.34. The second-order valence-electron chi connectivity index (χ2n) is 8.68. The van der Waals surface area contributed by atoms with Crippen LogP contribution in [-0.2, 0) is 0 Å². The van der Waals surface area contributed by atoms with Gasteiger partial charge in [0, 0.05) is 26.2 Å². The predicted octanol–water partition coefficient (Wildman–Crippen LogP) is 3.62. The molecule has 0 spiro atoms. The average Bonchev–Trinajstić information content (AvgIpc) is 2.70. The Bertz CT molecular complexity index is 644. The van der Waals surface area contributed by atoms with Crippen LogP contribution in [0.1, 0.15) is 40.0 Å². The quantitative estimate of drug-likeness (QED) is 0.674. The van der Waals surface area contributed by atoms with E-state index in [-0.39, 0.29) is 12.1 Å². The summed E-state index contributed by atoms with van der Waals surface area (Å²) in [6, 6.07) is 7.65. The lowest BCUT2D eigenvalue weighted by molar-refractivity contribution is 0.0675. The number of nitrogens with one attached hydrogen (secondary N) is 1. The van der Waals surface area contributed by atoms with Gasteiger partial charge in [-0.2, -0.15) is 0 Å². The van der Waals surface area contributed by atoms with Crippen molar-refractivity contribution in [3.05, 3.63) is 24.3 Å². The van der Waals surface area contributed by atoms with Crippen LogP contribution in [0.15, 0.2) is 24.3 Å². The van der Waals surface area contributed by atoms with E-state index in [2.05, 4.69) is 24.1 Å². The third kappa shape index (κ3) is 6.53. The number of hydrogen-bond acceptors (Lipinski definition) is 4. The zero-order valence-electron chi connectivity index (χ0n) is 18.2. The van der Waals surface area contributed by atoms with Crippen molar-refractivity contribution in [3.8, 4) is 11.5 Å². The van der Waals surface area contributed by atoms with Crippen molar-refractivity contribution in [3.63, 3.8) is 0 Å². The van der Waals surface area contributed by atoms with Crippen molar-refractivity contribution in [2.75, 3.05) is 45.9 Å². The number of ether oxygens (including phenoxy) is 2. The number of nitrogens with zero attached hydrogens (tertiary/aromatic N) is 2. The summed E-state index contributed by atoms with van der Waals surface area (Å²) in [6.45, 7) is 12.6. The molecule has 0 radical (unpaired) electrons. The highest BCUT2D eigenvalue weighted by molar-refractivity contribution is 5.74. The van der Waals surface area contributed by atoms with Gasteiger partial charge in [0.1, 0.15) is 6.61 Å². The Hall–Kier alpha value is -1.95. The minimum absolute atomic E-state index is 0.0184. The number of carbonyl (C=O) groups is 1. The number of carbonyl (C=O) groups excluding carboxylic acids is 1. The molecule has 1 saturated heterocycles. The highest BCUT2D eigenvalue weighted by Gasteiger charge is 2.25. The molecule has 2 aliphatic rings. The lowest BCUT2D eigenvalue weighted by atomic mass is 9.92. The molecular formula is C23H37N3O3. The molecule has 3 atom stereocenters. The number of amides is 2. The number of fused-ring (bicyclic) bond motifs is 1. The van der Waals surface area contributed by atoms with Crippen LogP contribution in [0.5, 0.6) is 11.5 Å². The molecule has 0 bridgehead atoms. The van der Waals surface area contributed by atoms with Crippen LogP contribution in [0.4, 0.5) is 4.79 Å². The molecule has 1 aromatic rings. The summed E-state index contributed by atoms with van der Waals surface area (Å²) in [5.74, 6) is 3.12. The first kappa shape index (κ1) is 21.8. The Morgan fingerprint density at radius 2 is 1.90 bits per heavy atom. The van der Waals surface area contributed by atoms with Crippen LogP contribution >= 0.6 is 0 Å². The van der Waals surface area contributed by atoms with Crippen LogP contribution in [0.3, 0.4) is 0 Å². The highest BCUT2D eigenvalue weighted by Crippen LogP contribution is 2.31. The average molecular weight is 404 g/mol. The third-order valence-electron chi connectivity index (χ3n) is 5.78. The molecule has 2 aliphatic heterocycles. The van der Waals surface area contributed by atoms with Crippen molar-refractivity contribution < 1.29 is 14.3 Å². The number of likely N-dealkylation sites (N-methyl/N-ethyl adjacent to an activating group) is 1. The van der Waals surface area contributed by atoms with Crippen LogP contribution < -0.4 is 14.8 Å². The van der Waals surface area contributed by atoms with Crippen LogP contribution in [0.2, 0.25) is 0 Å². The Kier molecular flexibility index (Phi) is 8.04. The summed E-state index contributed by atoms with van der Waals surface area (Å²) in [7, 11) is 0. The zero-order valence-corrected chi connectivity index (χ0v) is 18.2. The second kappa shape index (κ2) is 10.7. The number of piperidine rings is 1. The summed E-state index contributed by atoms with van der Waals surface area (Å²) in [5, 5.41) is 3.07. The molecule has 2 heterocycles. The van der Waals surface area contributed by atoms with E-state index >= 15 is 0 Å². The smallest absolute Gasteiger partial charge is 0.317 e. The third-order valence-corrected chi connectivity index (χ3v) is 5.78. The number of benzene rings is 1. The Morgan fingerprint density at radius 1 is 1.17 bits per heavy atom. The molecule has 29 heavy (non-hydrogen) atoms. The van der Waals surface area contributed by atoms with Crippen molar-refractivity contribution >= 4 is 6.03 Å². The molecule has 6 heteroatoms. The summed E-state index contributed by atoms with van der Waals surface area (Å²) >= 11 is 0. The van der Waals surface area contributed by atoms with Gasteiger partial charge in [-0.15, -0.1) is 0 Å². The van der Waals surface area contributed by atoms with E-state index in [0.29, 0.717) is 19.7 Å². The minimum atomic E-state index is -0.140. The SMILES string of the molecule is CCN(CC1COc2ccccc2O1)C(=O)NCCCCN1CC(C)CC(C)C1. The Morgan fingerprint density at radius 3 is 2.62 bits per heavy atom. The van der Waals surface area contributed by atoms with E-state index in [4.69, 9.17) is 9.47 Å². The molecule has 1 fully saturated rings. The molecule has 6 nitrogen and oxygen atoms in total. The van der Waals surface area contributed by atoms with Crippen molar-refractivity contribution in [1.82, 2.24) is 15.1 Å². The van der Waals surface area contributed by atoms with Gasteiger partial charge < -0.3 is 24.6 Å². The van der Waals surface area contributed by atoms with E-state index in [9.17, 15) is 4.79 Å². The monoisotopic (exact) mass is 403 g/mol. The molecule has 0 aromatic heterocycles. The standard InChI is InChI=1S/C23H37N3O3/c1-4-26(16-20-17-28-21-9-5-6-10-22(21)29-20)23(27)24-11-7-8-12-25-14-18(2)13-19(3)15-25/h5-6,9-10,18-20H,4,7-8,11-17H2,1-3H3,(H,24,27). The lowest BCUT2D eigenvalue weighted by Gasteiger charge is -2.35. The minimum Gasteiger partial charge on any atom is -0.486 e. The second-order valence-corrected chi connectivity index (χ2v) is 8.68. The van der Waals surface area contributed by atoms with Gasteiger partial charge in [-0.1, -0.05) is 26.0 Å². The molecule has 2 amide bonds. The van der Waals surface area contributed by atoms with E-state index in [1.165, 1.54) is 19.5 Å². The molecule has 3 rings (SSSR count). The maximum Gasteiger partial charge on any atom is 0.317 e. The molecule has 162 valence electrons. The number of urea groups is 1. The van der Waals surface area contributed by atoms with Gasteiger partial charge in [0.15, 0.2) is 17.6 Å². The van der Waals surface area contributed by atoms with Gasteiger partial charge in [0.25, 0.3) is 0 Å². The van der Waals surface area contributed by atoms with E-state index in [0.717, 1.165) is 49.3 Å². The van der Waals surface area contributed by atoms with E-state index < -0.39 is 0 Å². The van der Waals surface area contributed by atoms with Crippen molar-refractivity contribution in [1.29, 1.82) is 0 Å².